The summed E-state index contributed by atoms with van der Waals surface area (Å²) in [7, 11) is 0.990. The monoisotopic (exact) mass is 307 g/mol. The number of nitro benzene ring substituents is 1. The first-order valence-corrected chi connectivity index (χ1v) is 5.85. The lowest BCUT2D eigenvalue weighted by molar-refractivity contribution is -0.385. The Balaban J connectivity index is 3.41. The van der Waals surface area contributed by atoms with Crippen LogP contribution in [-0.2, 0) is 4.74 Å². The third-order valence-electron chi connectivity index (χ3n) is 2.56. The molecule has 2 atom stereocenters. The zero-order chi connectivity index (χ0) is 15.4. The summed E-state index contributed by atoms with van der Waals surface area (Å²) in [5, 5.41) is 29.9. The normalized spacial score (nSPS) is 13.7. The minimum absolute atomic E-state index is 0.396. The molecule has 2 N–H and O–H groups in total. The van der Waals surface area contributed by atoms with Crippen molar-refractivity contribution in [1.29, 1.82) is 0 Å². The Morgan fingerprint density at radius 3 is 2.60 bits per heavy atom. The number of esters is 1. The smallest absolute Gasteiger partial charge is 0.344 e. The van der Waals surface area contributed by atoms with Crippen molar-refractivity contribution in [1.82, 2.24) is 0 Å². The van der Waals surface area contributed by atoms with E-state index in [1.54, 1.807) is 0 Å². The highest BCUT2D eigenvalue weighted by molar-refractivity contribution is 6.18. The summed E-state index contributed by atoms with van der Waals surface area (Å²) in [5.41, 5.74) is -1.86. The fourth-order valence-corrected chi connectivity index (χ4v) is 1.69. The number of hydrogen-bond donors (Lipinski definition) is 2. The first-order chi connectivity index (χ1) is 9.33. The van der Waals surface area contributed by atoms with Crippen molar-refractivity contribution in [3.63, 3.8) is 0 Å². The molecule has 1 aromatic carbocycles. The van der Waals surface area contributed by atoms with Crippen LogP contribution in [0.25, 0.3) is 0 Å². The Hall–Kier alpha value is -1.77. The predicted molar refractivity (Wildman–Crippen MR) is 66.1 cm³/mol. The predicted octanol–water partition coefficient (Wildman–Crippen LogP) is 1.15. The zero-order valence-corrected chi connectivity index (χ0v) is 11.0. The Labute approximate surface area is 117 Å². The minimum Gasteiger partial charge on any atom is -0.465 e. The molecule has 0 aromatic heterocycles. The van der Waals surface area contributed by atoms with Crippen molar-refractivity contribution in [2.24, 2.45) is 0 Å². The van der Waals surface area contributed by atoms with Crippen LogP contribution >= 0.6 is 11.6 Å². The Kier molecular flexibility index (Phi) is 5.37. The number of carbonyl (C=O) groups excluding carboxylic acids is 1. The summed E-state index contributed by atoms with van der Waals surface area (Å²) < 4.78 is 18.1. The molecule has 0 aliphatic heterocycles. The number of carbonyl (C=O) groups is 1. The van der Waals surface area contributed by atoms with Crippen molar-refractivity contribution in [2.45, 2.75) is 12.2 Å². The lowest BCUT2D eigenvalue weighted by Gasteiger charge is -2.16. The first kappa shape index (κ1) is 16.3. The van der Waals surface area contributed by atoms with E-state index in [1.807, 2.05) is 0 Å². The van der Waals surface area contributed by atoms with E-state index in [0.717, 1.165) is 7.11 Å². The summed E-state index contributed by atoms with van der Waals surface area (Å²) in [6, 6.07) is 1.24. The molecule has 0 bridgehead atoms. The van der Waals surface area contributed by atoms with Crippen molar-refractivity contribution in [2.75, 3.05) is 13.0 Å². The van der Waals surface area contributed by atoms with Crippen LogP contribution in [0, 0.1) is 15.9 Å². The molecule has 0 saturated carbocycles. The van der Waals surface area contributed by atoms with Gasteiger partial charge in [0.1, 0.15) is 17.5 Å². The second-order valence-corrected chi connectivity index (χ2v) is 4.11. The van der Waals surface area contributed by atoms with Gasteiger partial charge in [-0.05, 0) is 6.07 Å². The molecule has 0 saturated heterocycles. The number of alkyl halides is 1. The molecule has 9 heteroatoms. The Morgan fingerprint density at radius 2 is 2.15 bits per heavy atom. The molecule has 110 valence electrons. The molecule has 0 amide bonds. The molecule has 0 heterocycles. The largest absolute Gasteiger partial charge is 0.465 e. The summed E-state index contributed by atoms with van der Waals surface area (Å²) in [6.07, 6.45) is -3.26. The number of hydrogen-bond acceptors (Lipinski definition) is 6. The van der Waals surface area contributed by atoms with Gasteiger partial charge in [0.2, 0.25) is 0 Å². The number of nitrogens with zero attached hydrogens (tertiary/aromatic N) is 1. The van der Waals surface area contributed by atoms with E-state index in [4.69, 9.17) is 11.6 Å². The second-order valence-electron chi connectivity index (χ2n) is 3.81. The van der Waals surface area contributed by atoms with Crippen LogP contribution in [0.4, 0.5) is 10.1 Å². The van der Waals surface area contributed by atoms with E-state index >= 15 is 0 Å². The Morgan fingerprint density at radius 1 is 1.55 bits per heavy atom. The summed E-state index contributed by atoms with van der Waals surface area (Å²) in [4.78, 5) is 21.3. The lowest BCUT2D eigenvalue weighted by Crippen LogP contribution is -2.21. The molecule has 1 rings (SSSR count). The van der Waals surface area contributed by atoms with Crippen LogP contribution in [0.5, 0.6) is 0 Å². The highest BCUT2D eigenvalue weighted by Crippen LogP contribution is 2.29. The summed E-state index contributed by atoms with van der Waals surface area (Å²) in [5.74, 6) is -2.57. The standard InChI is InChI=1S/C11H11ClFNO6/c1-20-11(17)6-2-7(13)5(3-8(6)14(18)19)10(16)9(15)4-12/h2-3,9-10,15-16H,4H2,1H3. The molecule has 20 heavy (non-hydrogen) atoms. The van der Waals surface area contributed by atoms with Crippen LogP contribution < -0.4 is 0 Å². The van der Waals surface area contributed by atoms with Gasteiger partial charge in [-0.1, -0.05) is 0 Å². The number of aliphatic hydroxyl groups excluding tert-OH is 2. The minimum atomic E-state index is -1.75. The van der Waals surface area contributed by atoms with E-state index in [-0.39, 0.29) is 0 Å². The van der Waals surface area contributed by atoms with Gasteiger partial charge in [-0.25, -0.2) is 9.18 Å². The molecular formula is C11H11ClFNO6. The van der Waals surface area contributed by atoms with E-state index in [1.165, 1.54) is 0 Å². The van der Waals surface area contributed by atoms with Crippen LogP contribution in [-0.4, -0.2) is 40.2 Å². The highest BCUT2D eigenvalue weighted by Gasteiger charge is 2.29. The number of nitro groups is 1. The molecule has 0 spiro atoms. The third kappa shape index (κ3) is 3.21. The average Bonchev–Trinajstić information content (AvgIpc) is 2.44. The van der Waals surface area contributed by atoms with Gasteiger partial charge in [0.15, 0.2) is 0 Å². The van der Waals surface area contributed by atoms with Crippen molar-refractivity contribution in [3.8, 4) is 0 Å². The van der Waals surface area contributed by atoms with Crippen molar-refractivity contribution < 1.29 is 29.1 Å². The average molecular weight is 308 g/mol. The maximum absolute atomic E-state index is 13.8. The number of aliphatic hydroxyl groups is 2. The van der Waals surface area contributed by atoms with Gasteiger partial charge < -0.3 is 14.9 Å². The first-order valence-electron chi connectivity index (χ1n) is 5.31. The van der Waals surface area contributed by atoms with Gasteiger partial charge in [-0.15, -0.1) is 11.6 Å². The zero-order valence-electron chi connectivity index (χ0n) is 10.2. The van der Waals surface area contributed by atoms with Crippen molar-refractivity contribution >= 4 is 23.3 Å². The van der Waals surface area contributed by atoms with E-state index in [2.05, 4.69) is 4.74 Å². The topological polar surface area (TPSA) is 110 Å². The number of methoxy groups -OCH3 is 1. The quantitative estimate of drug-likeness (QED) is 0.365. The molecule has 0 radical (unpaired) electrons. The fraction of sp³-hybridized carbons (Fsp3) is 0.364. The van der Waals surface area contributed by atoms with E-state index in [9.17, 15) is 29.5 Å². The Bertz CT molecular complexity index is 538. The summed E-state index contributed by atoms with van der Waals surface area (Å²) >= 11 is 5.32. The van der Waals surface area contributed by atoms with Crippen LogP contribution in [0.15, 0.2) is 12.1 Å². The van der Waals surface area contributed by atoms with Crippen LogP contribution in [0.3, 0.4) is 0 Å². The number of benzene rings is 1. The third-order valence-corrected chi connectivity index (χ3v) is 2.87. The van der Waals surface area contributed by atoms with E-state index < -0.39 is 51.6 Å². The molecule has 0 aliphatic rings. The van der Waals surface area contributed by atoms with Crippen LogP contribution in [0.2, 0.25) is 0 Å². The van der Waals surface area contributed by atoms with Gasteiger partial charge in [0.05, 0.1) is 24.0 Å². The highest BCUT2D eigenvalue weighted by atomic mass is 35.5. The van der Waals surface area contributed by atoms with Gasteiger partial charge in [-0.3, -0.25) is 10.1 Å². The fourth-order valence-electron chi connectivity index (χ4n) is 1.52. The molecule has 0 aliphatic carbocycles. The van der Waals surface area contributed by atoms with Gasteiger partial charge in [-0.2, -0.15) is 0 Å². The number of halogens is 2. The van der Waals surface area contributed by atoms with Crippen molar-refractivity contribution in [3.05, 3.63) is 39.2 Å². The summed E-state index contributed by atoms with van der Waals surface area (Å²) in [6.45, 7) is 0. The lowest BCUT2D eigenvalue weighted by atomic mass is 10.0. The molecule has 2 unspecified atom stereocenters. The number of rotatable bonds is 5. The second kappa shape index (κ2) is 6.60. The van der Waals surface area contributed by atoms with Gasteiger partial charge >= 0.3 is 5.97 Å². The van der Waals surface area contributed by atoms with Gasteiger partial charge in [0, 0.05) is 11.6 Å². The molecule has 1 aromatic rings. The maximum Gasteiger partial charge on any atom is 0.344 e. The van der Waals surface area contributed by atoms with Crippen LogP contribution in [0.1, 0.15) is 22.0 Å². The molecule has 0 fully saturated rings. The van der Waals surface area contributed by atoms with Gasteiger partial charge in [0.25, 0.3) is 5.69 Å². The molecule has 7 nitrogen and oxygen atoms in total. The number of ether oxygens (including phenoxy) is 1. The SMILES string of the molecule is COC(=O)c1cc(F)c(C(O)C(O)CCl)cc1[N+](=O)[O-]. The molecular weight excluding hydrogens is 297 g/mol. The van der Waals surface area contributed by atoms with E-state index in [0.29, 0.717) is 12.1 Å². The maximum atomic E-state index is 13.8.